The summed E-state index contributed by atoms with van der Waals surface area (Å²) in [6, 6.07) is 15.5. The molecule has 134 valence electrons. The molecule has 0 unspecified atom stereocenters. The van der Waals surface area contributed by atoms with E-state index in [0.29, 0.717) is 5.39 Å². The van der Waals surface area contributed by atoms with Crippen LogP contribution < -0.4 is 5.56 Å². The summed E-state index contributed by atoms with van der Waals surface area (Å²) >= 11 is 5.31. The van der Waals surface area contributed by atoms with Crippen molar-refractivity contribution in [2.75, 3.05) is 5.75 Å². The number of hydrogen-bond acceptors (Lipinski definition) is 3. The van der Waals surface area contributed by atoms with E-state index in [4.69, 9.17) is 4.98 Å². The van der Waals surface area contributed by atoms with Crippen LogP contribution in [0.2, 0.25) is 0 Å². The number of nitrogens with zero attached hydrogens (tertiary/aromatic N) is 2. The second kappa shape index (κ2) is 7.97. The van der Waals surface area contributed by atoms with Crippen LogP contribution in [0, 0.1) is 5.92 Å². The van der Waals surface area contributed by atoms with Crippen LogP contribution in [0.5, 0.6) is 0 Å². The van der Waals surface area contributed by atoms with E-state index in [1.165, 1.54) is 32.1 Å². The Labute approximate surface area is 166 Å². The summed E-state index contributed by atoms with van der Waals surface area (Å²) in [7, 11) is 0. The van der Waals surface area contributed by atoms with E-state index >= 15 is 0 Å². The van der Waals surface area contributed by atoms with Crippen molar-refractivity contribution in [3.8, 4) is 5.69 Å². The number of hydrogen-bond donors (Lipinski definition) is 0. The van der Waals surface area contributed by atoms with Crippen LogP contribution in [-0.2, 0) is 0 Å². The molecule has 2 aromatic carbocycles. The third-order valence-corrected chi connectivity index (χ3v) is 6.85. The van der Waals surface area contributed by atoms with Crippen LogP contribution in [0.25, 0.3) is 16.6 Å². The fraction of sp³-hybridized carbons (Fsp3) is 0.333. The summed E-state index contributed by atoms with van der Waals surface area (Å²) in [4.78, 5) is 18.1. The van der Waals surface area contributed by atoms with Gasteiger partial charge in [-0.25, -0.2) is 4.98 Å². The molecule has 0 radical (unpaired) electrons. The van der Waals surface area contributed by atoms with E-state index in [9.17, 15) is 4.79 Å². The summed E-state index contributed by atoms with van der Waals surface area (Å²) in [6.07, 6.45) is 6.59. The molecule has 0 saturated heterocycles. The predicted molar refractivity (Wildman–Crippen MR) is 112 cm³/mol. The van der Waals surface area contributed by atoms with Crippen molar-refractivity contribution in [3.63, 3.8) is 0 Å². The van der Waals surface area contributed by atoms with Crippen molar-refractivity contribution in [2.45, 2.75) is 37.3 Å². The Morgan fingerprint density at radius 1 is 1.04 bits per heavy atom. The number of thioether (sulfide) groups is 1. The average Bonchev–Trinajstić information content (AvgIpc) is 2.68. The predicted octanol–water partition coefficient (Wildman–Crippen LogP) is 5.82. The number of aromatic nitrogens is 2. The van der Waals surface area contributed by atoms with Gasteiger partial charge in [0.2, 0.25) is 0 Å². The largest absolute Gasteiger partial charge is 0.268 e. The van der Waals surface area contributed by atoms with Gasteiger partial charge >= 0.3 is 0 Å². The van der Waals surface area contributed by atoms with Crippen LogP contribution in [0.4, 0.5) is 0 Å². The molecule has 0 N–H and O–H groups in total. The molecule has 1 aliphatic carbocycles. The zero-order chi connectivity index (χ0) is 17.9. The molecular formula is C21H21BrN2OS. The molecular weight excluding hydrogens is 408 g/mol. The lowest BCUT2D eigenvalue weighted by molar-refractivity contribution is 0.390. The fourth-order valence-electron chi connectivity index (χ4n) is 3.60. The number of benzene rings is 2. The molecule has 1 fully saturated rings. The van der Waals surface area contributed by atoms with Gasteiger partial charge in [0, 0.05) is 10.2 Å². The molecule has 3 nitrogen and oxygen atoms in total. The highest BCUT2D eigenvalue weighted by Crippen LogP contribution is 2.31. The minimum atomic E-state index is -0.00589. The SMILES string of the molecule is O=c1c2ccccc2nc(SCC2CCCCC2)n1-c1ccccc1Br. The van der Waals surface area contributed by atoms with E-state index in [2.05, 4.69) is 15.9 Å². The Balaban J connectivity index is 1.80. The maximum Gasteiger partial charge on any atom is 0.266 e. The molecule has 0 spiro atoms. The Morgan fingerprint density at radius 3 is 2.58 bits per heavy atom. The van der Waals surface area contributed by atoms with E-state index < -0.39 is 0 Å². The Kier molecular flexibility index (Phi) is 5.46. The minimum Gasteiger partial charge on any atom is -0.268 e. The van der Waals surface area contributed by atoms with Crippen molar-refractivity contribution >= 4 is 38.6 Å². The van der Waals surface area contributed by atoms with Gasteiger partial charge in [0.15, 0.2) is 5.16 Å². The zero-order valence-corrected chi connectivity index (χ0v) is 16.9. The maximum absolute atomic E-state index is 13.2. The molecule has 5 heteroatoms. The monoisotopic (exact) mass is 428 g/mol. The number of halogens is 1. The first kappa shape index (κ1) is 17.8. The van der Waals surface area contributed by atoms with Crippen LogP contribution in [0.1, 0.15) is 32.1 Å². The number of para-hydroxylation sites is 2. The van der Waals surface area contributed by atoms with Crippen molar-refractivity contribution in [1.29, 1.82) is 0 Å². The van der Waals surface area contributed by atoms with Crippen LogP contribution in [-0.4, -0.2) is 15.3 Å². The highest BCUT2D eigenvalue weighted by molar-refractivity contribution is 9.10. The number of fused-ring (bicyclic) bond motifs is 1. The third-order valence-electron chi connectivity index (χ3n) is 5.01. The van der Waals surface area contributed by atoms with Gasteiger partial charge < -0.3 is 0 Å². The summed E-state index contributed by atoms with van der Waals surface area (Å²) in [5.41, 5.74) is 1.61. The molecule has 3 aromatic rings. The summed E-state index contributed by atoms with van der Waals surface area (Å²) in [5, 5.41) is 1.44. The lowest BCUT2D eigenvalue weighted by atomic mass is 9.91. The molecule has 4 rings (SSSR count). The van der Waals surface area contributed by atoms with Gasteiger partial charge in [0.1, 0.15) is 0 Å². The number of rotatable bonds is 4. The fourth-order valence-corrected chi connectivity index (χ4v) is 5.25. The van der Waals surface area contributed by atoms with Gasteiger partial charge in [-0.05, 0) is 59.0 Å². The van der Waals surface area contributed by atoms with Crippen LogP contribution in [0.15, 0.2) is 63.0 Å². The standard InChI is InChI=1S/C21H21BrN2OS/c22-17-11-5-7-13-19(17)24-20(25)16-10-4-6-12-18(16)23-21(24)26-14-15-8-2-1-3-9-15/h4-7,10-13,15H,1-3,8-9,14H2. The van der Waals surface area contributed by atoms with Gasteiger partial charge in [-0.3, -0.25) is 9.36 Å². The summed E-state index contributed by atoms with van der Waals surface area (Å²) in [6.45, 7) is 0. The molecule has 1 saturated carbocycles. The van der Waals surface area contributed by atoms with Crippen molar-refractivity contribution < 1.29 is 0 Å². The first-order valence-corrected chi connectivity index (χ1v) is 10.9. The van der Waals surface area contributed by atoms with Crippen molar-refractivity contribution in [1.82, 2.24) is 9.55 Å². The maximum atomic E-state index is 13.2. The first-order chi connectivity index (χ1) is 12.7. The zero-order valence-electron chi connectivity index (χ0n) is 14.5. The van der Waals surface area contributed by atoms with Gasteiger partial charge in [-0.1, -0.05) is 55.3 Å². The second-order valence-corrected chi connectivity index (χ2v) is 8.66. The average molecular weight is 429 g/mol. The van der Waals surface area contributed by atoms with Crippen molar-refractivity contribution in [3.05, 3.63) is 63.4 Å². The molecule has 1 aliphatic rings. The van der Waals surface area contributed by atoms with E-state index in [-0.39, 0.29) is 5.56 Å². The van der Waals surface area contributed by atoms with Crippen LogP contribution >= 0.6 is 27.7 Å². The van der Waals surface area contributed by atoms with Gasteiger partial charge in [-0.2, -0.15) is 0 Å². The minimum absolute atomic E-state index is 0.00589. The van der Waals surface area contributed by atoms with E-state index in [1.54, 1.807) is 16.3 Å². The molecule has 0 aliphatic heterocycles. The first-order valence-electron chi connectivity index (χ1n) is 9.13. The Bertz CT molecular complexity index is 979. The molecule has 0 atom stereocenters. The Morgan fingerprint density at radius 2 is 1.77 bits per heavy atom. The topological polar surface area (TPSA) is 34.9 Å². The lowest BCUT2D eigenvalue weighted by Gasteiger charge is -2.21. The van der Waals surface area contributed by atoms with Gasteiger partial charge in [-0.15, -0.1) is 0 Å². The normalized spacial score (nSPS) is 15.4. The second-order valence-electron chi connectivity index (χ2n) is 6.82. The molecule has 0 amide bonds. The van der Waals surface area contributed by atoms with Crippen LogP contribution in [0.3, 0.4) is 0 Å². The smallest absolute Gasteiger partial charge is 0.266 e. The molecule has 0 bridgehead atoms. The lowest BCUT2D eigenvalue weighted by Crippen LogP contribution is -2.22. The Hall–Kier alpha value is -1.59. The molecule has 1 heterocycles. The summed E-state index contributed by atoms with van der Waals surface area (Å²) in [5.74, 6) is 1.75. The quantitative estimate of drug-likeness (QED) is 0.387. The highest BCUT2D eigenvalue weighted by atomic mass is 79.9. The van der Waals surface area contributed by atoms with E-state index in [0.717, 1.165) is 32.5 Å². The molecule has 26 heavy (non-hydrogen) atoms. The molecule has 1 aromatic heterocycles. The van der Waals surface area contributed by atoms with Gasteiger partial charge in [0.05, 0.1) is 16.6 Å². The third kappa shape index (κ3) is 3.60. The summed E-state index contributed by atoms with van der Waals surface area (Å²) < 4.78 is 2.67. The van der Waals surface area contributed by atoms with Gasteiger partial charge in [0.25, 0.3) is 5.56 Å². The van der Waals surface area contributed by atoms with Crippen molar-refractivity contribution in [2.24, 2.45) is 5.92 Å². The highest BCUT2D eigenvalue weighted by Gasteiger charge is 2.18. The van der Waals surface area contributed by atoms with E-state index in [1.807, 2.05) is 48.5 Å².